The van der Waals surface area contributed by atoms with Crippen molar-refractivity contribution in [2.24, 2.45) is 0 Å². The van der Waals surface area contributed by atoms with Gasteiger partial charge in [0.1, 0.15) is 11.8 Å². The molecule has 2 saturated heterocycles. The Hall–Kier alpha value is -1.69. The molecule has 0 bridgehead atoms. The summed E-state index contributed by atoms with van der Waals surface area (Å²) in [6.45, 7) is 2.70. The number of amides is 2. The summed E-state index contributed by atoms with van der Waals surface area (Å²) >= 11 is 1.76. The lowest BCUT2D eigenvalue weighted by Crippen LogP contribution is -2.51. The lowest BCUT2D eigenvalue weighted by molar-refractivity contribution is -0.144. The van der Waals surface area contributed by atoms with Crippen molar-refractivity contribution in [2.45, 2.75) is 56.1 Å². The zero-order valence-electron chi connectivity index (χ0n) is 14.7. The molecular weight excluding hydrogens is 336 g/mol. The number of rotatable bonds is 5. The lowest BCUT2D eigenvalue weighted by Gasteiger charge is -2.33. The Labute approximate surface area is 152 Å². The third-order valence-electron chi connectivity index (χ3n) is 5.51. The molecule has 2 amide bonds. The van der Waals surface area contributed by atoms with Gasteiger partial charge in [-0.1, -0.05) is 12.1 Å². The molecule has 3 aliphatic rings. The molecule has 0 aromatic heterocycles. The largest absolute Gasteiger partial charge is 0.497 e. The summed E-state index contributed by atoms with van der Waals surface area (Å²) in [5.41, 5.74) is 1.10. The van der Waals surface area contributed by atoms with Gasteiger partial charge < -0.3 is 14.5 Å². The van der Waals surface area contributed by atoms with E-state index in [0.717, 1.165) is 30.6 Å². The van der Waals surface area contributed by atoms with E-state index < -0.39 is 0 Å². The van der Waals surface area contributed by atoms with Crippen LogP contribution in [0.1, 0.15) is 38.2 Å². The van der Waals surface area contributed by atoms with Crippen LogP contribution in [0.4, 0.5) is 0 Å². The molecule has 2 aliphatic heterocycles. The van der Waals surface area contributed by atoms with E-state index in [-0.39, 0.29) is 22.7 Å². The maximum Gasteiger partial charge on any atom is 0.246 e. The molecule has 1 aromatic carbocycles. The standard InChI is InChI=1S/C19H24N2O3S/c1-19-10-9-17(22)21(19)16(12-25-19)18(23)20(14-5-6-14)11-13-3-7-15(24-2)8-4-13/h3-4,7-8,14,16H,5-6,9-12H2,1-2H3/t16-,19-/m0/s1. The van der Waals surface area contributed by atoms with Gasteiger partial charge in [0.05, 0.1) is 12.0 Å². The van der Waals surface area contributed by atoms with Crippen molar-refractivity contribution in [1.29, 1.82) is 0 Å². The maximum atomic E-state index is 13.3. The molecule has 0 N–H and O–H groups in total. The first-order chi connectivity index (χ1) is 12.0. The van der Waals surface area contributed by atoms with Crippen LogP contribution in [-0.2, 0) is 16.1 Å². The SMILES string of the molecule is COc1ccc(CN(C(=O)[C@@H]2CS[C@@]3(C)CCC(=O)N23)C2CC2)cc1. The van der Waals surface area contributed by atoms with Gasteiger partial charge in [-0.2, -0.15) is 0 Å². The molecule has 1 aliphatic carbocycles. The fourth-order valence-electron chi connectivity index (χ4n) is 3.90. The van der Waals surface area contributed by atoms with Crippen LogP contribution in [0.5, 0.6) is 5.75 Å². The van der Waals surface area contributed by atoms with Gasteiger partial charge in [0.25, 0.3) is 0 Å². The predicted octanol–water partition coefficient (Wildman–Crippen LogP) is 2.64. The molecule has 0 radical (unpaired) electrons. The van der Waals surface area contributed by atoms with Gasteiger partial charge in [-0.05, 0) is 43.9 Å². The van der Waals surface area contributed by atoms with E-state index in [1.54, 1.807) is 18.9 Å². The van der Waals surface area contributed by atoms with Crippen LogP contribution >= 0.6 is 11.8 Å². The number of thioether (sulfide) groups is 1. The highest BCUT2D eigenvalue weighted by atomic mass is 32.2. The molecule has 0 spiro atoms. The molecule has 2 heterocycles. The Kier molecular flexibility index (Phi) is 4.18. The quantitative estimate of drug-likeness (QED) is 0.810. The molecule has 3 fully saturated rings. The molecular formula is C19H24N2O3S. The molecule has 2 atom stereocenters. The first kappa shape index (κ1) is 16.8. The second kappa shape index (κ2) is 6.24. The highest BCUT2D eigenvalue weighted by molar-refractivity contribution is 8.01. The van der Waals surface area contributed by atoms with Crippen LogP contribution in [0.15, 0.2) is 24.3 Å². The highest BCUT2D eigenvalue weighted by Gasteiger charge is 2.54. The lowest BCUT2D eigenvalue weighted by atomic mass is 10.1. The predicted molar refractivity (Wildman–Crippen MR) is 97.3 cm³/mol. The van der Waals surface area contributed by atoms with Gasteiger partial charge >= 0.3 is 0 Å². The second-order valence-corrected chi connectivity index (χ2v) is 8.81. The molecule has 0 unspecified atom stereocenters. The maximum absolute atomic E-state index is 13.3. The zero-order valence-corrected chi connectivity index (χ0v) is 15.6. The molecule has 25 heavy (non-hydrogen) atoms. The minimum absolute atomic E-state index is 0.116. The Morgan fingerprint density at radius 2 is 2.08 bits per heavy atom. The van der Waals surface area contributed by atoms with Crippen molar-refractivity contribution < 1.29 is 14.3 Å². The minimum Gasteiger partial charge on any atom is -0.497 e. The van der Waals surface area contributed by atoms with Crippen molar-refractivity contribution in [2.75, 3.05) is 12.9 Å². The van der Waals surface area contributed by atoms with Crippen LogP contribution in [0.2, 0.25) is 0 Å². The number of ether oxygens (including phenoxy) is 1. The van der Waals surface area contributed by atoms with Gasteiger partial charge in [-0.15, -0.1) is 11.8 Å². The fourth-order valence-corrected chi connectivity index (χ4v) is 5.32. The number of benzene rings is 1. The summed E-state index contributed by atoms with van der Waals surface area (Å²) in [6, 6.07) is 7.90. The third-order valence-corrected chi connectivity index (χ3v) is 7.02. The van der Waals surface area contributed by atoms with E-state index in [1.807, 2.05) is 34.1 Å². The Balaban J connectivity index is 1.52. The summed E-state index contributed by atoms with van der Waals surface area (Å²) in [7, 11) is 1.65. The van der Waals surface area contributed by atoms with Gasteiger partial charge in [0.2, 0.25) is 11.8 Å². The normalized spacial score (nSPS) is 28.2. The van der Waals surface area contributed by atoms with E-state index >= 15 is 0 Å². The van der Waals surface area contributed by atoms with E-state index in [4.69, 9.17) is 4.74 Å². The van der Waals surface area contributed by atoms with Gasteiger partial charge in [-0.3, -0.25) is 9.59 Å². The molecule has 134 valence electrons. The number of hydrogen-bond donors (Lipinski definition) is 0. The number of carbonyl (C=O) groups is 2. The number of hydrogen-bond acceptors (Lipinski definition) is 4. The van der Waals surface area contributed by atoms with Crippen molar-refractivity contribution in [3.05, 3.63) is 29.8 Å². The number of fused-ring (bicyclic) bond motifs is 1. The van der Waals surface area contributed by atoms with Crippen molar-refractivity contribution in [3.8, 4) is 5.75 Å². The van der Waals surface area contributed by atoms with Crippen LogP contribution < -0.4 is 4.74 Å². The van der Waals surface area contributed by atoms with E-state index in [0.29, 0.717) is 24.8 Å². The first-order valence-electron chi connectivity index (χ1n) is 8.91. The third kappa shape index (κ3) is 3.01. The Morgan fingerprint density at radius 3 is 2.72 bits per heavy atom. The van der Waals surface area contributed by atoms with Crippen molar-refractivity contribution in [1.82, 2.24) is 9.80 Å². The van der Waals surface area contributed by atoms with E-state index in [9.17, 15) is 9.59 Å². The minimum atomic E-state index is -0.302. The monoisotopic (exact) mass is 360 g/mol. The van der Waals surface area contributed by atoms with Crippen LogP contribution in [0.3, 0.4) is 0 Å². The molecule has 1 saturated carbocycles. The van der Waals surface area contributed by atoms with Crippen molar-refractivity contribution in [3.63, 3.8) is 0 Å². The van der Waals surface area contributed by atoms with E-state index in [1.165, 1.54) is 0 Å². The highest BCUT2D eigenvalue weighted by Crippen LogP contribution is 2.48. The van der Waals surface area contributed by atoms with Crippen molar-refractivity contribution >= 4 is 23.6 Å². The Morgan fingerprint density at radius 1 is 1.36 bits per heavy atom. The van der Waals surface area contributed by atoms with Gasteiger partial charge in [0, 0.05) is 24.8 Å². The summed E-state index contributed by atoms with van der Waals surface area (Å²) in [5, 5.41) is 0. The average molecular weight is 360 g/mol. The second-order valence-electron chi connectivity index (χ2n) is 7.31. The molecule has 1 aromatic rings. The van der Waals surface area contributed by atoms with Gasteiger partial charge in [0.15, 0.2) is 0 Å². The summed E-state index contributed by atoms with van der Waals surface area (Å²) in [4.78, 5) is 29.3. The molecule has 5 nitrogen and oxygen atoms in total. The number of nitrogens with zero attached hydrogens (tertiary/aromatic N) is 2. The van der Waals surface area contributed by atoms with Crippen LogP contribution in [0, 0.1) is 0 Å². The summed E-state index contributed by atoms with van der Waals surface area (Å²) in [6.07, 6.45) is 3.54. The van der Waals surface area contributed by atoms with Gasteiger partial charge in [-0.25, -0.2) is 0 Å². The Bertz CT molecular complexity index is 688. The summed E-state index contributed by atoms with van der Waals surface area (Å²) < 4.78 is 5.21. The zero-order chi connectivity index (χ0) is 17.6. The topological polar surface area (TPSA) is 49.9 Å². The molecule has 6 heteroatoms. The fraction of sp³-hybridized carbons (Fsp3) is 0.579. The summed E-state index contributed by atoms with van der Waals surface area (Å²) in [5.74, 6) is 1.78. The van der Waals surface area contributed by atoms with Crippen LogP contribution in [-0.4, -0.2) is 51.4 Å². The first-order valence-corrected chi connectivity index (χ1v) is 9.90. The van der Waals surface area contributed by atoms with E-state index in [2.05, 4.69) is 6.92 Å². The smallest absolute Gasteiger partial charge is 0.246 e. The number of methoxy groups -OCH3 is 1. The number of carbonyl (C=O) groups excluding carboxylic acids is 2. The average Bonchev–Trinajstić information content (AvgIpc) is 3.34. The molecule has 4 rings (SSSR count). The van der Waals surface area contributed by atoms with Crippen LogP contribution in [0.25, 0.3) is 0 Å².